The van der Waals surface area contributed by atoms with Gasteiger partial charge in [-0.15, -0.1) is 0 Å². The molecule has 0 amide bonds. The van der Waals surface area contributed by atoms with Crippen LogP contribution in [0.15, 0.2) is 18.2 Å². The number of benzene rings is 1. The maximum atomic E-state index is 12.5. The number of hydrogen-bond acceptors (Lipinski definition) is 2. The maximum absolute atomic E-state index is 12.5. The predicted octanol–water partition coefficient (Wildman–Crippen LogP) is 2.31. The second kappa shape index (κ2) is 4.10. The average Bonchev–Trinajstić information content (AvgIpc) is 2.10. The zero-order valence-electron chi connectivity index (χ0n) is 8.17. The number of phenols is 1. The molecule has 0 aliphatic carbocycles. The van der Waals surface area contributed by atoms with Crippen molar-refractivity contribution in [2.24, 2.45) is 5.73 Å². The fraction of sp³-hybridized carbons (Fsp3) is 0.400. The molecule has 15 heavy (non-hydrogen) atoms. The molecule has 1 atom stereocenters. The number of phenolic OH excluding ortho intramolecular Hbond substituents is 1. The van der Waals surface area contributed by atoms with Gasteiger partial charge in [-0.1, -0.05) is 17.7 Å². The fourth-order valence-corrected chi connectivity index (χ4v) is 1.39. The Hall–Kier alpha value is -1.23. The van der Waals surface area contributed by atoms with Crippen LogP contribution in [0.5, 0.6) is 5.75 Å². The minimum atomic E-state index is -4.43. The van der Waals surface area contributed by atoms with Crippen molar-refractivity contribution in [2.45, 2.75) is 19.0 Å². The lowest BCUT2D eigenvalue weighted by atomic mass is 9.96. The van der Waals surface area contributed by atoms with Gasteiger partial charge in [-0.05, 0) is 13.0 Å². The lowest BCUT2D eigenvalue weighted by Crippen LogP contribution is -2.28. The Balaban J connectivity index is 3.18. The van der Waals surface area contributed by atoms with Crippen molar-refractivity contribution in [2.75, 3.05) is 6.54 Å². The third-order valence-electron chi connectivity index (χ3n) is 2.19. The molecule has 0 aliphatic heterocycles. The van der Waals surface area contributed by atoms with Gasteiger partial charge < -0.3 is 10.8 Å². The molecule has 1 aromatic carbocycles. The van der Waals surface area contributed by atoms with E-state index in [1.807, 2.05) is 0 Å². The van der Waals surface area contributed by atoms with E-state index in [9.17, 15) is 18.3 Å². The molecule has 0 saturated carbocycles. The summed E-state index contributed by atoms with van der Waals surface area (Å²) in [6.45, 7) is 1.09. The molecular weight excluding hydrogens is 207 g/mol. The van der Waals surface area contributed by atoms with E-state index in [0.717, 1.165) is 0 Å². The highest BCUT2D eigenvalue weighted by Crippen LogP contribution is 2.38. The molecule has 1 aromatic rings. The minimum Gasteiger partial charge on any atom is -0.508 e. The zero-order chi connectivity index (χ0) is 11.6. The number of hydrogen-bond donors (Lipinski definition) is 2. The van der Waals surface area contributed by atoms with Crippen molar-refractivity contribution in [3.63, 3.8) is 0 Å². The highest BCUT2D eigenvalue weighted by Gasteiger charge is 2.40. The van der Waals surface area contributed by atoms with Crippen LogP contribution in [0.1, 0.15) is 17.0 Å². The van der Waals surface area contributed by atoms with Gasteiger partial charge in [0.1, 0.15) is 5.75 Å². The highest BCUT2D eigenvalue weighted by molar-refractivity contribution is 5.39. The molecule has 1 rings (SSSR count). The van der Waals surface area contributed by atoms with Gasteiger partial charge in [0, 0.05) is 12.1 Å². The predicted molar refractivity (Wildman–Crippen MR) is 50.7 cm³/mol. The summed E-state index contributed by atoms with van der Waals surface area (Å²) >= 11 is 0. The van der Waals surface area contributed by atoms with Crippen LogP contribution in [0.25, 0.3) is 0 Å². The van der Waals surface area contributed by atoms with Crippen LogP contribution in [0.2, 0.25) is 0 Å². The van der Waals surface area contributed by atoms with Crippen molar-refractivity contribution in [3.8, 4) is 5.75 Å². The molecule has 2 nitrogen and oxygen atoms in total. The fourth-order valence-electron chi connectivity index (χ4n) is 1.39. The number of halogens is 3. The summed E-state index contributed by atoms with van der Waals surface area (Å²) in [5, 5.41) is 9.34. The molecule has 0 spiro atoms. The van der Waals surface area contributed by atoms with Crippen molar-refractivity contribution in [1.29, 1.82) is 0 Å². The molecule has 1 unspecified atom stereocenters. The van der Waals surface area contributed by atoms with Crippen LogP contribution in [-0.4, -0.2) is 17.8 Å². The quantitative estimate of drug-likeness (QED) is 0.801. The van der Waals surface area contributed by atoms with E-state index in [0.29, 0.717) is 5.56 Å². The topological polar surface area (TPSA) is 46.2 Å². The largest absolute Gasteiger partial charge is 0.508 e. The van der Waals surface area contributed by atoms with Crippen LogP contribution >= 0.6 is 0 Å². The number of aromatic hydroxyl groups is 1. The molecule has 0 aromatic heterocycles. The smallest absolute Gasteiger partial charge is 0.397 e. The first-order valence-electron chi connectivity index (χ1n) is 4.42. The Labute approximate surface area is 85.5 Å². The number of alkyl halides is 3. The standard InChI is InChI=1S/C10H12F3NO/c1-6-2-3-9(15)7(4-6)8(5-14)10(11,12)13/h2-4,8,15H,5,14H2,1H3. The summed E-state index contributed by atoms with van der Waals surface area (Å²) in [7, 11) is 0. The van der Waals surface area contributed by atoms with E-state index in [1.54, 1.807) is 13.0 Å². The Bertz CT molecular complexity index is 349. The van der Waals surface area contributed by atoms with Gasteiger partial charge in [0.05, 0.1) is 5.92 Å². The molecular formula is C10H12F3NO. The molecule has 0 heterocycles. The van der Waals surface area contributed by atoms with Gasteiger partial charge in [0.15, 0.2) is 0 Å². The van der Waals surface area contributed by atoms with Crippen molar-refractivity contribution in [1.82, 2.24) is 0 Å². The Morgan fingerprint density at radius 1 is 1.40 bits per heavy atom. The number of nitrogens with two attached hydrogens (primary N) is 1. The second-order valence-electron chi connectivity index (χ2n) is 3.39. The second-order valence-corrected chi connectivity index (χ2v) is 3.39. The Morgan fingerprint density at radius 2 is 2.00 bits per heavy atom. The van der Waals surface area contributed by atoms with E-state index in [1.165, 1.54) is 12.1 Å². The van der Waals surface area contributed by atoms with Crippen LogP contribution in [0, 0.1) is 6.92 Å². The van der Waals surface area contributed by atoms with Crippen molar-refractivity contribution >= 4 is 0 Å². The highest BCUT2D eigenvalue weighted by atomic mass is 19.4. The summed E-state index contributed by atoms with van der Waals surface area (Å²) in [5.74, 6) is -2.18. The van der Waals surface area contributed by atoms with Crippen molar-refractivity contribution < 1.29 is 18.3 Å². The molecule has 84 valence electrons. The summed E-state index contributed by atoms with van der Waals surface area (Å²) in [6, 6.07) is 4.10. The van der Waals surface area contributed by atoms with Gasteiger partial charge in [-0.25, -0.2) is 0 Å². The van der Waals surface area contributed by atoms with Gasteiger partial charge in [0.25, 0.3) is 0 Å². The van der Waals surface area contributed by atoms with Gasteiger partial charge in [0.2, 0.25) is 0 Å². The van der Waals surface area contributed by atoms with Gasteiger partial charge in [-0.2, -0.15) is 13.2 Å². The van der Waals surface area contributed by atoms with Gasteiger partial charge in [-0.3, -0.25) is 0 Å². The summed E-state index contributed by atoms with van der Waals surface area (Å²) in [6.07, 6.45) is -4.43. The Morgan fingerprint density at radius 3 is 2.47 bits per heavy atom. The number of rotatable bonds is 2. The summed E-state index contributed by atoms with van der Waals surface area (Å²) in [4.78, 5) is 0. The van der Waals surface area contributed by atoms with E-state index >= 15 is 0 Å². The molecule has 0 fully saturated rings. The average molecular weight is 219 g/mol. The van der Waals surface area contributed by atoms with Crippen LogP contribution < -0.4 is 5.73 Å². The normalized spacial score (nSPS) is 13.9. The minimum absolute atomic E-state index is 0.162. The van der Waals surface area contributed by atoms with E-state index < -0.39 is 18.6 Å². The summed E-state index contributed by atoms with van der Waals surface area (Å²) in [5.41, 5.74) is 5.57. The van der Waals surface area contributed by atoms with Crippen molar-refractivity contribution in [3.05, 3.63) is 29.3 Å². The lowest BCUT2D eigenvalue weighted by molar-refractivity contribution is -0.148. The Kier molecular flexibility index (Phi) is 3.24. The number of aryl methyl sites for hydroxylation is 1. The maximum Gasteiger partial charge on any atom is 0.397 e. The third kappa shape index (κ3) is 2.62. The lowest BCUT2D eigenvalue weighted by Gasteiger charge is -2.20. The van der Waals surface area contributed by atoms with Crippen LogP contribution in [0.3, 0.4) is 0 Å². The van der Waals surface area contributed by atoms with E-state index in [-0.39, 0.29) is 11.3 Å². The van der Waals surface area contributed by atoms with E-state index in [4.69, 9.17) is 5.73 Å². The monoisotopic (exact) mass is 219 g/mol. The van der Waals surface area contributed by atoms with Crippen LogP contribution in [0.4, 0.5) is 13.2 Å². The molecule has 0 saturated heterocycles. The molecule has 0 radical (unpaired) electrons. The first-order chi connectivity index (χ1) is 6.86. The molecule has 0 aliphatic rings. The zero-order valence-corrected chi connectivity index (χ0v) is 8.17. The molecule has 3 N–H and O–H groups in total. The van der Waals surface area contributed by atoms with Gasteiger partial charge >= 0.3 is 6.18 Å². The van der Waals surface area contributed by atoms with E-state index in [2.05, 4.69) is 0 Å². The molecule has 0 bridgehead atoms. The summed E-state index contributed by atoms with van der Waals surface area (Å²) < 4.78 is 37.6. The molecule has 5 heteroatoms. The first-order valence-corrected chi connectivity index (χ1v) is 4.42. The van der Waals surface area contributed by atoms with Crippen LogP contribution in [-0.2, 0) is 0 Å². The SMILES string of the molecule is Cc1ccc(O)c(C(CN)C(F)(F)F)c1. The first kappa shape index (κ1) is 11.8. The third-order valence-corrected chi connectivity index (χ3v) is 2.19.